The van der Waals surface area contributed by atoms with Crippen molar-refractivity contribution < 1.29 is 13.2 Å². The molecule has 0 saturated carbocycles. The summed E-state index contributed by atoms with van der Waals surface area (Å²) in [5, 5.41) is 3.68. The Morgan fingerprint density at radius 1 is 1.43 bits per heavy atom. The molecule has 3 nitrogen and oxygen atoms in total. The minimum Gasteiger partial charge on any atom is -0.236 e. The zero-order valence-corrected chi connectivity index (χ0v) is 7.13. The normalized spacial score (nSPS) is 12.3. The number of alkyl halides is 3. The van der Waals surface area contributed by atoms with E-state index >= 15 is 0 Å². The Bertz CT molecular complexity index is 472. The maximum absolute atomic E-state index is 12.4. The summed E-state index contributed by atoms with van der Waals surface area (Å²) in [6.45, 7) is 1.61. The summed E-state index contributed by atoms with van der Waals surface area (Å²) in [6.07, 6.45) is -3.46. The maximum Gasteiger partial charge on any atom is 0.434 e. The van der Waals surface area contributed by atoms with E-state index in [4.69, 9.17) is 0 Å². The van der Waals surface area contributed by atoms with Crippen LogP contribution < -0.4 is 0 Å². The molecule has 2 aromatic rings. The van der Waals surface area contributed by atoms with Gasteiger partial charge in [-0.2, -0.15) is 18.3 Å². The molecule has 73 valence electrons. The largest absolute Gasteiger partial charge is 0.434 e. The highest BCUT2D eigenvalue weighted by Gasteiger charge is 2.34. The SMILES string of the molecule is Cc1cc2nc[c]c(C(F)(F)F)n2n1. The van der Waals surface area contributed by atoms with Crippen LogP contribution in [0.4, 0.5) is 13.2 Å². The Morgan fingerprint density at radius 2 is 2.14 bits per heavy atom. The molecule has 0 N–H and O–H groups in total. The Hall–Kier alpha value is -1.59. The molecule has 0 fully saturated rings. The first-order valence-electron chi connectivity index (χ1n) is 3.79. The van der Waals surface area contributed by atoms with Gasteiger partial charge in [-0.15, -0.1) is 0 Å². The van der Waals surface area contributed by atoms with Crippen molar-refractivity contribution in [2.75, 3.05) is 0 Å². The van der Waals surface area contributed by atoms with E-state index in [0.29, 0.717) is 5.69 Å². The fraction of sp³-hybridized carbons (Fsp3) is 0.250. The van der Waals surface area contributed by atoms with Crippen molar-refractivity contribution in [3.05, 3.63) is 29.7 Å². The van der Waals surface area contributed by atoms with Gasteiger partial charge < -0.3 is 0 Å². The molecule has 0 spiro atoms. The van der Waals surface area contributed by atoms with Crippen LogP contribution >= 0.6 is 0 Å². The summed E-state index contributed by atoms with van der Waals surface area (Å²) in [5.41, 5.74) is -0.272. The van der Waals surface area contributed by atoms with Crippen molar-refractivity contribution in [3.8, 4) is 0 Å². The Balaban J connectivity index is 2.77. The van der Waals surface area contributed by atoms with Gasteiger partial charge in [0.15, 0.2) is 11.3 Å². The van der Waals surface area contributed by atoms with Gasteiger partial charge in [-0.1, -0.05) is 0 Å². The van der Waals surface area contributed by atoms with Crippen LogP contribution in [-0.4, -0.2) is 14.6 Å². The summed E-state index contributed by atoms with van der Waals surface area (Å²) in [7, 11) is 0. The number of aryl methyl sites for hydroxylation is 1. The average Bonchev–Trinajstić information content (AvgIpc) is 2.41. The van der Waals surface area contributed by atoms with Crippen LogP contribution in [0.25, 0.3) is 5.65 Å². The van der Waals surface area contributed by atoms with E-state index < -0.39 is 11.9 Å². The van der Waals surface area contributed by atoms with E-state index in [9.17, 15) is 13.2 Å². The lowest BCUT2D eigenvalue weighted by molar-refractivity contribution is -0.142. The van der Waals surface area contributed by atoms with Gasteiger partial charge in [0, 0.05) is 18.3 Å². The Morgan fingerprint density at radius 3 is 2.79 bits per heavy atom. The standard InChI is InChI=1S/C8H5F3N3/c1-5-4-7-12-3-2-6(8(9,10)11)14(7)13-5/h3-4H,1H3. The molecule has 0 bridgehead atoms. The number of halogens is 3. The number of fused-ring (bicyclic) bond motifs is 1. The molecule has 2 rings (SSSR count). The van der Waals surface area contributed by atoms with Crippen molar-refractivity contribution in [2.45, 2.75) is 13.1 Å². The third-order valence-corrected chi connectivity index (χ3v) is 1.69. The van der Waals surface area contributed by atoms with E-state index in [1.54, 1.807) is 6.92 Å². The molecule has 0 amide bonds. The lowest BCUT2D eigenvalue weighted by atomic mass is 10.4. The van der Waals surface area contributed by atoms with E-state index in [1.807, 2.05) is 6.07 Å². The number of aromatic nitrogens is 3. The van der Waals surface area contributed by atoms with Gasteiger partial charge >= 0.3 is 6.18 Å². The lowest BCUT2D eigenvalue weighted by Gasteiger charge is -2.06. The number of hydrogen-bond acceptors (Lipinski definition) is 2. The molecule has 0 aliphatic carbocycles. The van der Waals surface area contributed by atoms with Crippen molar-refractivity contribution in [3.63, 3.8) is 0 Å². The summed E-state index contributed by atoms with van der Waals surface area (Å²) >= 11 is 0. The van der Waals surface area contributed by atoms with Gasteiger partial charge in [-0.25, -0.2) is 9.50 Å². The first-order valence-corrected chi connectivity index (χ1v) is 3.79. The molecule has 0 aliphatic heterocycles. The fourth-order valence-electron chi connectivity index (χ4n) is 1.16. The van der Waals surface area contributed by atoms with Gasteiger partial charge in [0.2, 0.25) is 0 Å². The van der Waals surface area contributed by atoms with Crippen molar-refractivity contribution in [1.82, 2.24) is 14.6 Å². The van der Waals surface area contributed by atoms with Crippen LogP contribution in [0.2, 0.25) is 0 Å². The molecular formula is C8H5F3N3. The fourth-order valence-corrected chi connectivity index (χ4v) is 1.16. The minimum atomic E-state index is -4.46. The Kier molecular flexibility index (Phi) is 1.73. The Labute approximate surface area is 77.2 Å². The van der Waals surface area contributed by atoms with Crippen LogP contribution in [0, 0.1) is 13.0 Å². The molecule has 6 heteroatoms. The second-order valence-electron chi connectivity index (χ2n) is 2.80. The molecule has 0 atom stereocenters. The van der Waals surface area contributed by atoms with E-state index in [2.05, 4.69) is 10.1 Å². The van der Waals surface area contributed by atoms with Gasteiger partial charge in [0.25, 0.3) is 0 Å². The van der Waals surface area contributed by atoms with E-state index in [-0.39, 0.29) is 5.65 Å². The zero-order valence-electron chi connectivity index (χ0n) is 7.13. The highest BCUT2D eigenvalue weighted by molar-refractivity contribution is 5.39. The van der Waals surface area contributed by atoms with Crippen LogP contribution in [0.5, 0.6) is 0 Å². The number of nitrogens with zero attached hydrogens (tertiary/aromatic N) is 3. The van der Waals surface area contributed by atoms with E-state index in [0.717, 1.165) is 10.7 Å². The molecule has 14 heavy (non-hydrogen) atoms. The second kappa shape index (κ2) is 2.70. The summed E-state index contributed by atoms with van der Waals surface area (Å²) in [6, 6.07) is 3.50. The number of rotatable bonds is 0. The minimum absolute atomic E-state index is 0.175. The summed E-state index contributed by atoms with van der Waals surface area (Å²) in [4.78, 5) is 3.72. The maximum atomic E-state index is 12.4. The molecule has 0 aliphatic rings. The second-order valence-corrected chi connectivity index (χ2v) is 2.80. The molecule has 2 heterocycles. The number of hydrogen-bond donors (Lipinski definition) is 0. The molecular weight excluding hydrogens is 195 g/mol. The average molecular weight is 200 g/mol. The molecule has 2 aromatic heterocycles. The summed E-state index contributed by atoms with van der Waals surface area (Å²) in [5.74, 6) is 0. The van der Waals surface area contributed by atoms with Crippen molar-refractivity contribution in [2.24, 2.45) is 0 Å². The third-order valence-electron chi connectivity index (χ3n) is 1.69. The quantitative estimate of drug-likeness (QED) is 0.649. The molecule has 1 radical (unpaired) electrons. The first-order chi connectivity index (χ1) is 6.48. The third kappa shape index (κ3) is 1.32. The van der Waals surface area contributed by atoms with Crippen molar-refractivity contribution in [1.29, 1.82) is 0 Å². The highest BCUT2D eigenvalue weighted by Crippen LogP contribution is 2.28. The van der Waals surface area contributed by atoms with Gasteiger partial charge in [0.05, 0.1) is 5.69 Å². The molecule has 0 saturated heterocycles. The monoisotopic (exact) mass is 200 g/mol. The zero-order chi connectivity index (χ0) is 10.3. The first kappa shape index (κ1) is 8.98. The van der Waals surface area contributed by atoms with Crippen LogP contribution in [-0.2, 0) is 6.18 Å². The lowest BCUT2D eigenvalue weighted by Crippen LogP contribution is -2.13. The smallest absolute Gasteiger partial charge is 0.236 e. The van der Waals surface area contributed by atoms with E-state index in [1.165, 1.54) is 6.07 Å². The molecule has 0 aromatic carbocycles. The van der Waals surface area contributed by atoms with Crippen LogP contribution in [0.1, 0.15) is 11.4 Å². The van der Waals surface area contributed by atoms with Gasteiger partial charge in [-0.05, 0) is 6.92 Å². The van der Waals surface area contributed by atoms with Crippen LogP contribution in [0.3, 0.4) is 0 Å². The molecule has 0 unspecified atom stereocenters. The van der Waals surface area contributed by atoms with Gasteiger partial charge in [0.1, 0.15) is 0 Å². The predicted octanol–water partition coefficient (Wildman–Crippen LogP) is 1.86. The highest BCUT2D eigenvalue weighted by atomic mass is 19.4. The van der Waals surface area contributed by atoms with Crippen molar-refractivity contribution >= 4 is 5.65 Å². The summed E-state index contributed by atoms with van der Waals surface area (Å²) < 4.78 is 38.0. The predicted molar refractivity (Wildman–Crippen MR) is 41.6 cm³/mol. The van der Waals surface area contributed by atoms with Gasteiger partial charge in [-0.3, -0.25) is 0 Å². The topological polar surface area (TPSA) is 30.2 Å². The van der Waals surface area contributed by atoms with Crippen LogP contribution in [0.15, 0.2) is 12.3 Å².